The second-order valence-corrected chi connectivity index (χ2v) is 5.21. The lowest BCUT2D eigenvalue weighted by molar-refractivity contribution is 0.278. The van der Waals surface area contributed by atoms with E-state index >= 15 is 0 Å². The van der Waals surface area contributed by atoms with Gasteiger partial charge in [-0.2, -0.15) is 0 Å². The van der Waals surface area contributed by atoms with Crippen LogP contribution in [0.15, 0.2) is 21.5 Å². The predicted octanol–water partition coefficient (Wildman–Crippen LogP) is 2.22. The van der Waals surface area contributed by atoms with E-state index in [1.165, 1.54) is 19.3 Å². The summed E-state index contributed by atoms with van der Waals surface area (Å²) >= 11 is 3.26. The zero-order valence-corrected chi connectivity index (χ0v) is 12.2. The maximum absolute atomic E-state index is 12.0. The molecule has 5 heteroatoms. The minimum Gasteiger partial charge on any atom is -0.400 e. The highest BCUT2D eigenvalue weighted by Gasteiger charge is 2.17. The van der Waals surface area contributed by atoms with Crippen LogP contribution in [0.1, 0.15) is 43.7 Å². The van der Waals surface area contributed by atoms with Crippen LogP contribution in [0.3, 0.4) is 0 Å². The molecule has 2 rings (SSSR count). The molecule has 1 aromatic heterocycles. The van der Waals surface area contributed by atoms with Crippen LogP contribution in [0.2, 0.25) is 0 Å². The summed E-state index contributed by atoms with van der Waals surface area (Å²) in [6.45, 7) is -0.0222. The molecule has 0 bridgehead atoms. The highest BCUT2D eigenvalue weighted by Crippen LogP contribution is 2.27. The zero-order valence-electron chi connectivity index (χ0n) is 10.6. The first-order valence-electron chi connectivity index (χ1n) is 6.18. The molecule has 0 aromatic carbocycles. The fourth-order valence-electron chi connectivity index (χ4n) is 2.34. The maximum Gasteiger partial charge on any atom is 0.265 e. The third-order valence-electron chi connectivity index (χ3n) is 3.21. The Morgan fingerprint density at radius 3 is 2.50 bits per heavy atom. The lowest BCUT2D eigenvalue weighted by Gasteiger charge is -2.24. The van der Waals surface area contributed by atoms with E-state index < -0.39 is 0 Å². The van der Waals surface area contributed by atoms with Crippen LogP contribution in [0.25, 0.3) is 0 Å². The summed E-state index contributed by atoms with van der Waals surface area (Å²) < 4.78 is 2.33. The first kappa shape index (κ1) is 15.4. The van der Waals surface area contributed by atoms with Gasteiger partial charge in [-0.25, -0.2) is 0 Å². The highest BCUT2D eigenvalue weighted by atomic mass is 79.9. The van der Waals surface area contributed by atoms with E-state index in [9.17, 15) is 4.79 Å². The van der Waals surface area contributed by atoms with Crippen molar-refractivity contribution in [3.63, 3.8) is 0 Å². The largest absolute Gasteiger partial charge is 0.400 e. The van der Waals surface area contributed by atoms with Crippen LogP contribution >= 0.6 is 15.9 Å². The van der Waals surface area contributed by atoms with Gasteiger partial charge < -0.3 is 14.8 Å². The summed E-state index contributed by atoms with van der Waals surface area (Å²) in [7, 11) is 1.00. The average molecular weight is 318 g/mol. The molecule has 4 nitrogen and oxygen atoms in total. The number of halogens is 1. The van der Waals surface area contributed by atoms with E-state index in [2.05, 4.69) is 15.9 Å². The fourth-order valence-corrected chi connectivity index (χ4v) is 2.84. The van der Waals surface area contributed by atoms with E-state index in [-0.39, 0.29) is 12.2 Å². The third-order valence-corrected chi connectivity index (χ3v) is 3.77. The summed E-state index contributed by atoms with van der Waals surface area (Å²) in [4.78, 5) is 12.0. The predicted molar refractivity (Wildman–Crippen MR) is 74.6 cm³/mol. The van der Waals surface area contributed by atoms with Gasteiger partial charge >= 0.3 is 0 Å². The number of hydrogen-bond donors (Lipinski definition) is 2. The Kier molecular flexibility index (Phi) is 6.60. The quantitative estimate of drug-likeness (QED) is 0.879. The van der Waals surface area contributed by atoms with Gasteiger partial charge in [0.2, 0.25) is 0 Å². The topological polar surface area (TPSA) is 62.5 Å². The number of hydrogen-bond acceptors (Lipinski definition) is 3. The summed E-state index contributed by atoms with van der Waals surface area (Å²) in [5.74, 6) is 0. The van der Waals surface area contributed by atoms with E-state index in [0.717, 1.165) is 25.5 Å². The standard InChI is InChI=1S/C12H16BrNO2.CH4O/c13-11-6-9(8-15)7-14(12(11)16)10-4-2-1-3-5-10;1-2/h6-7,10,15H,1-5,8H2;2H,1H3. The summed E-state index contributed by atoms with van der Waals surface area (Å²) in [5.41, 5.74) is 0.807. The van der Waals surface area contributed by atoms with Crippen LogP contribution in [0, 0.1) is 0 Å². The molecular formula is C13H20BrNO3. The van der Waals surface area contributed by atoms with Crippen LogP contribution in [0.4, 0.5) is 0 Å². The van der Waals surface area contributed by atoms with E-state index in [1.54, 1.807) is 16.8 Å². The van der Waals surface area contributed by atoms with Gasteiger partial charge in [-0.1, -0.05) is 19.3 Å². The minimum atomic E-state index is -0.0222. The number of aliphatic hydroxyl groups excluding tert-OH is 2. The highest BCUT2D eigenvalue weighted by molar-refractivity contribution is 9.10. The summed E-state index contributed by atoms with van der Waals surface area (Å²) in [6, 6.07) is 2.01. The number of pyridine rings is 1. The van der Waals surface area contributed by atoms with Crippen molar-refractivity contribution in [2.45, 2.75) is 44.8 Å². The molecule has 1 aromatic rings. The summed E-state index contributed by atoms with van der Waals surface area (Å²) in [5, 5.41) is 16.1. The van der Waals surface area contributed by atoms with Crippen molar-refractivity contribution in [1.82, 2.24) is 4.57 Å². The van der Waals surface area contributed by atoms with E-state index in [4.69, 9.17) is 10.2 Å². The van der Waals surface area contributed by atoms with Crippen molar-refractivity contribution < 1.29 is 10.2 Å². The molecule has 0 radical (unpaired) electrons. The number of aromatic nitrogens is 1. The molecular weight excluding hydrogens is 298 g/mol. The molecule has 1 heterocycles. The molecule has 102 valence electrons. The maximum atomic E-state index is 12.0. The first-order chi connectivity index (χ1) is 8.72. The molecule has 0 atom stereocenters. The van der Waals surface area contributed by atoms with Crippen LogP contribution in [0.5, 0.6) is 0 Å². The number of aliphatic hydroxyl groups is 2. The van der Waals surface area contributed by atoms with Crippen molar-refractivity contribution in [3.8, 4) is 0 Å². The lowest BCUT2D eigenvalue weighted by Crippen LogP contribution is -2.27. The van der Waals surface area contributed by atoms with E-state index in [0.29, 0.717) is 10.5 Å². The normalized spacial score (nSPS) is 16.0. The molecule has 18 heavy (non-hydrogen) atoms. The smallest absolute Gasteiger partial charge is 0.265 e. The first-order valence-corrected chi connectivity index (χ1v) is 6.98. The minimum absolute atomic E-state index is 0.0177. The van der Waals surface area contributed by atoms with Gasteiger partial charge in [0.15, 0.2) is 0 Å². The molecule has 1 fully saturated rings. The molecule has 0 unspecified atom stereocenters. The van der Waals surface area contributed by atoms with Crippen molar-refractivity contribution in [2.24, 2.45) is 0 Å². The van der Waals surface area contributed by atoms with Crippen LogP contribution < -0.4 is 5.56 Å². The lowest BCUT2D eigenvalue weighted by atomic mass is 9.95. The Hall–Kier alpha value is -0.650. The fraction of sp³-hybridized carbons (Fsp3) is 0.615. The van der Waals surface area contributed by atoms with Crippen molar-refractivity contribution in [3.05, 3.63) is 32.7 Å². The second kappa shape index (κ2) is 7.71. The monoisotopic (exact) mass is 317 g/mol. The average Bonchev–Trinajstić information content (AvgIpc) is 2.45. The number of rotatable bonds is 2. The van der Waals surface area contributed by atoms with Gasteiger partial charge in [-0.3, -0.25) is 4.79 Å². The van der Waals surface area contributed by atoms with Gasteiger partial charge in [0.25, 0.3) is 5.56 Å². The molecule has 0 amide bonds. The number of nitrogens with zero attached hydrogens (tertiary/aromatic N) is 1. The Morgan fingerprint density at radius 1 is 1.33 bits per heavy atom. The molecule has 2 N–H and O–H groups in total. The van der Waals surface area contributed by atoms with Gasteiger partial charge in [-0.05, 0) is 40.4 Å². The van der Waals surface area contributed by atoms with Gasteiger partial charge in [-0.15, -0.1) is 0 Å². The second-order valence-electron chi connectivity index (χ2n) is 4.36. The molecule has 0 aliphatic heterocycles. The molecule has 1 saturated carbocycles. The third kappa shape index (κ3) is 3.67. The van der Waals surface area contributed by atoms with Gasteiger partial charge in [0.1, 0.15) is 0 Å². The molecule has 1 aliphatic carbocycles. The van der Waals surface area contributed by atoms with Crippen LogP contribution in [-0.2, 0) is 6.61 Å². The molecule has 1 aliphatic rings. The van der Waals surface area contributed by atoms with Crippen LogP contribution in [-0.4, -0.2) is 21.9 Å². The zero-order chi connectivity index (χ0) is 13.5. The molecule has 0 saturated heterocycles. The Bertz CT molecular complexity index is 425. The Labute approximate surface area is 115 Å². The Morgan fingerprint density at radius 2 is 1.94 bits per heavy atom. The Balaban J connectivity index is 0.000000771. The summed E-state index contributed by atoms with van der Waals surface area (Å²) in [6.07, 6.45) is 7.59. The van der Waals surface area contributed by atoms with Gasteiger partial charge in [0.05, 0.1) is 11.1 Å². The van der Waals surface area contributed by atoms with E-state index in [1.807, 2.05) is 0 Å². The van der Waals surface area contributed by atoms with Gasteiger partial charge in [0, 0.05) is 19.3 Å². The SMILES string of the molecule is CO.O=c1c(Br)cc(CO)cn1C1CCCCC1. The van der Waals surface area contributed by atoms with Crippen molar-refractivity contribution in [1.29, 1.82) is 0 Å². The van der Waals surface area contributed by atoms with Crippen molar-refractivity contribution in [2.75, 3.05) is 7.11 Å². The van der Waals surface area contributed by atoms with Crippen molar-refractivity contribution >= 4 is 15.9 Å². The molecule has 0 spiro atoms.